The van der Waals surface area contributed by atoms with Gasteiger partial charge in [0.2, 0.25) is 21.8 Å². The molecule has 0 saturated carbocycles. The summed E-state index contributed by atoms with van der Waals surface area (Å²) >= 11 is 5.73. The number of hydrogen-bond acceptors (Lipinski definition) is 4. The monoisotopic (exact) mass is 473 g/mol. The number of sulfonamides is 1. The van der Waals surface area contributed by atoms with Gasteiger partial charge in [0.1, 0.15) is 5.82 Å². The van der Waals surface area contributed by atoms with Crippen molar-refractivity contribution in [3.8, 4) is 0 Å². The van der Waals surface area contributed by atoms with E-state index in [0.29, 0.717) is 32.5 Å². The number of nitrogens with one attached hydrogen (secondary N) is 1. The number of halogens is 2. The first-order valence-electron chi connectivity index (χ1n) is 10.8. The van der Waals surface area contributed by atoms with Crippen molar-refractivity contribution in [2.75, 3.05) is 32.7 Å². The highest BCUT2D eigenvalue weighted by atomic mass is 35.5. The summed E-state index contributed by atoms with van der Waals surface area (Å²) in [5.41, 5.74) is 0. The molecule has 2 heterocycles. The third-order valence-corrected chi connectivity index (χ3v) is 8.17. The maximum absolute atomic E-state index is 13.4. The van der Waals surface area contributed by atoms with E-state index in [0.717, 1.165) is 31.4 Å². The van der Waals surface area contributed by atoms with Crippen molar-refractivity contribution in [2.45, 2.75) is 43.9 Å². The molecule has 10 heteroatoms. The Balaban J connectivity index is 1.58. The molecule has 1 unspecified atom stereocenters. The van der Waals surface area contributed by atoms with Crippen LogP contribution in [-0.2, 0) is 19.6 Å². The van der Waals surface area contributed by atoms with Gasteiger partial charge in [-0.05, 0) is 50.3 Å². The molecular formula is C21H29ClFN3O4S. The average Bonchev–Trinajstić information content (AvgIpc) is 2.78. The normalized spacial score (nSPS) is 21.1. The van der Waals surface area contributed by atoms with E-state index in [1.54, 1.807) is 4.90 Å². The summed E-state index contributed by atoms with van der Waals surface area (Å²) in [4.78, 5) is 27.0. The molecule has 0 radical (unpaired) electrons. The first-order valence-corrected chi connectivity index (χ1v) is 12.6. The zero-order chi connectivity index (χ0) is 22.6. The fourth-order valence-electron chi connectivity index (χ4n) is 4.17. The molecular weight excluding hydrogens is 445 g/mol. The minimum absolute atomic E-state index is 0.00165. The Hall–Kier alpha value is -1.71. The summed E-state index contributed by atoms with van der Waals surface area (Å²) in [5, 5.41) is 2.66. The third-order valence-electron chi connectivity index (χ3n) is 5.99. The average molecular weight is 474 g/mol. The molecule has 0 aliphatic carbocycles. The van der Waals surface area contributed by atoms with Crippen molar-refractivity contribution in [2.24, 2.45) is 11.8 Å². The van der Waals surface area contributed by atoms with Gasteiger partial charge in [-0.3, -0.25) is 9.59 Å². The number of piperidine rings is 2. The van der Waals surface area contributed by atoms with Gasteiger partial charge in [0.15, 0.2) is 0 Å². The molecule has 1 atom stereocenters. The van der Waals surface area contributed by atoms with Crippen LogP contribution in [0.3, 0.4) is 0 Å². The number of hydrogen-bond donors (Lipinski definition) is 1. The van der Waals surface area contributed by atoms with Crippen LogP contribution in [0.4, 0.5) is 4.39 Å². The van der Waals surface area contributed by atoms with E-state index >= 15 is 0 Å². The molecule has 3 rings (SSSR count). The van der Waals surface area contributed by atoms with Crippen LogP contribution in [0.2, 0.25) is 5.02 Å². The Morgan fingerprint density at radius 1 is 1.16 bits per heavy atom. The molecule has 2 saturated heterocycles. The predicted octanol–water partition coefficient (Wildman–Crippen LogP) is 2.64. The fourth-order valence-corrected chi connectivity index (χ4v) is 5.91. The standard InChI is InChI=1S/C21H29ClFN3O4S/c1-2-9-24-20(27)16-4-3-10-25(14-16)21(28)15-7-11-26(12-8-15)31(29,30)17-5-6-19(23)18(22)13-17/h5-6,13,15-16H,2-4,7-12,14H2,1H3,(H,24,27). The molecule has 1 N–H and O–H groups in total. The van der Waals surface area contributed by atoms with Crippen LogP contribution < -0.4 is 5.32 Å². The van der Waals surface area contributed by atoms with Gasteiger partial charge in [-0.15, -0.1) is 0 Å². The Labute approximate surface area is 188 Å². The largest absolute Gasteiger partial charge is 0.356 e. The number of rotatable bonds is 6. The summed E-state index contributed by atoms with van der Waals surface area (Å²) in [6.45, 7) is 4.09. The van der Waals surface area contributed by atoms with Crippen LogP contribution >= 0.6 is 11.6 Å². The van der Waals surface area contributed by atoms with Gasteiger partial charge in [-0.2, -0.15) is 4.31 Å². The molecule has 1 aromatic carbocycles. The Morgan fingerprint density at radius 2 is 1.87 bits per heavy atom. The van der Waals surface area contributed by atoms with Crippen molar-refractivity contribution >= 4 is 33.4 Å². The van der Waals surface area contributed by atoms with Crippen molar-refractivity contribution < 1.29 is 22.4 Å². The topological polar surface area (TPSA) is 86.8 Å². The molecule has 172 valence electrons. The number of nitrogens with zero attached hydrogens (tertiary/aromatic N) is 2. The lowest BCUT2D eigenvalue weighted by Crippen LogP contribution is -2.49. The minimum atomic E-state index is -3.80. The lowest BCUT2D eigenvalue weighted by molar-refractivity contribution is -0.140. The zero-order valence-electron chi connectivity index (χ0n) is 17.6. The lowest BCUT2D eigenvalue weighted by Gasteiger charge is -2.37. The van der Waals surface area contributed by atoms with Crippen LogP contribution in [0, 0.1) is 17.7 Å². The second-order valence-electron chi connectivity index (χ2n) is 8.17. The van der Waals surface area contributed by atoms with Crippen molar-refractivity contribution in [1.82, 2.24) is 14.5 Å². The first kappa shape index (κ1) is 23.9. The van der Waals surface area contributed by atoms with E-state index in [9.17, 15) is 22.4 Å². The molecule has 0 spiro atoms. The molecule has 31 heavy (non-hydrogen) atoms. The molecule has 2 aliphatic heterocycles. The van der Waals surface area contributed by atoms with Gasteiger partial charge < -0.3 is 10.2 Å². The molecule has 7 nitrogen and oxygen atoms in total. The van der Waals surface area contributed by atoms with E-state index in [-0.39, 0.29) is 46.7 Å². The maximum atomic E-state index is 13.4. The van der Waals surface area contributed by atoms with Crippen molar-refractivity contribution in [1.29, 1.82) is 0 Å². The second-order valence-corrected chi connectivity index (χ2v) is 10.5. The first-order chi connectivity index (χ1) is 14.7. The molecule has 0 aromatic heterocycles. The molecule has 2 fully saturated rings. The van der Waals surface area contributed by atoms with Crippen molar-refractivity contribution in [3.63, 3.8) is 0 Å². The zero-order valence-corrected chi connectivity index (χ0v) is 19.2. The number of likely N-dealkylation sites (tertiary alicyclic amines) is 1. The van der Waals surface area contributed by atoms with Gasteiger partial charge in [0, 0.05) is 38.6 Å². The van der Waals surface area contributed by atoms with Gasteiger partial charge in [0.05, 0.1) is 15.8 Å². The Kier molecular flexibility index (Phi) is 7.93. The summed E-state index contributed by atoms with van der Waals surface area (Å²) in [6, 6.07) is 3.35. The van der Waals surface area contributed by atoms with Gasteiger partial charge in [0.25, 0.3) is 0 Å². The highest BCUT2D eigenvalue weighted by Crippen LogP contribution is 2.28. The number of amides is 2. The van der Waals surface area contributed by atoms with Crippen LogP contribution in [-0.4, -0.2) is 62.2 Å². The quantitative estimate of drug-likeness (QED) is 0.688. The second kappa shape index (κ2) is 10.3. The molecule has 0 bridgehead atoms. The Morgan fingerprint density at radius 3 is 2.52 bits per heavy atom. The van der Waals surface area contributed by atoms with E-state index in [1.165, 1.54) is 10.4 Å². The highest BCUT2D eigenvalue weighted by molar-refractivity contribution is 7.89. The van der Waals surface area contributed by atoms with Crippen LogP contribution in [0.1, 0.15) is 39.0 Å². The summed E-state index contributed by atoms with van der Waals surface area (Å²) in [5.74, 6) is -1.13. The van der Waals surface area contributed by atoms with E-state index in [2.05, 4.69) is 5.32 Å². The van der Waals surface area contributed by atoms with Gasteiger partial charge >= 0.3 is 0 Å². The highest BCUT2D eigenvalue weighted by Gasteiger charge is 2.36. The van der Waals surface area contributed by atoms with Gasteiger partial charge in [-0.1, -0.05) is 18.5 Å². The van der Waals surface area contributed by atoms with E-state index < -0.39 is 15.8 Å². The van der Waals surface area contributed by atoms with Gasteiger partial charge in [-0.25, -0.2) is 12.8 Å². The number of benzene rings is 1. The summed E-state index contributed by atoms with van der Waals surface area (Å²) in [7, 11) is -3.80. The fraction of sp³-hybridized carbons (Fsp3) is 0.619. The van der Waals surface area contributed by atoms with E-state index in [1.807, 2.05) is 6.92 Å². The summed E-state index contributed by atoms with van der Waals surface area (Å²) in [6.07, 6.45) is 3.25. The molecule has 2 aliphatic rings. The minimum Gasteiger partial charge on any atom is -0.356 e. The van der Waals surface area contributed by atoms with Crippen molar-refractivity contribution in [3.05, 3.63) is 29.0 Å². The molecule has 2 amide bonds. The van der Waals surface area contributed by atoms with Crippen LogP contribution in [0.25, 0.3) is 0 Å². The predicted molar refractivity (Wildman–Crippen MR) is 115 cm³/mol. The SMILES string of the molecule is CCCNC(=O)C1CCCN(C(=O)C2CCN(S(=O)(=O)c3ccc(F)c(Cl)c3)CC2)C1. The molecule has 1 aromatic rings. The smallest absolute Gasteiger partial charge is 0.243 e. The number of carbonyl (C=O) groups is 2. The lowest BCUT2D eigenvalue weighted by atomic mass is 9.92. The Bertz CT molecular complexity index is 919. The summed E-state index contributed by atoms with van der Waals surface area (Å²) < 4.78 is 40.4. The van der Waals surface area contributed by atoms with E-state index in [4.69, 9.17) is 11.6 Å². The van der Waals surface area contributed by atoms with Crippen LogP contribution in [0.15, 0.2) is 23.1 Å². The maximum Gasteiger partial charge on any atom is 0.243 e. The third kappa shape index (κ3) is 5.56. The number of carbonyl (C=O) groups excluding carboxylic acids is 2. The van der Waals surface area contributed by atoms with Crippen LogP contribution in [0.5, 0.6) is 0 Å².